The highest BCUT2D eigenvalue weighted by atomic mass is 19.1. The molecule has 3 unspecified atom stereocenters. The van der Waals surface area contributed by atoms with Gasteiger partial charge in [0, 0.05) is 0 Å². The Morgan fingerprint density at radius 1 is 1.12 bits per heavy atom. The molecule has 0 amide bonds. The molecule has 16 heavy (non-hydrogen) atoms. The molecule has 0 aliphatic heterocycles. The molecule has 0 radical (unpaired) electrons. The zero-order valence-corrected chi connectivity index (χ0v) is 9.95. The molecule has 1 nitrogen and oxygen atoms in total. The number of ether oxygens (including phenoxy) is 1. The molecule has 2 heteroatoms. The molecule has 3 atom stereocenters. The highest BCUT2D eigenvalue weighted by Gasteiger charge is 2.26. The van der Waals surface area contributed by atoms with E-state index in [2.05, 4.69) is 13.8 Å². The third-order valence-electron chi connectivity index (χ3n) is 3.68. The second-order valence-corrected chi connectivity index (χ2v) is 4.94. The van der Waals surface area contributed by atoms with E-state index in [0.29, 0.717) is 11.7 Å². The Labute approximate surface area is 96.6 Å². The molecule has 0 heterocycles. The smallest absolute Gasteiger partial charge is 0.165 e. The summed E-state index contributed by atoms with van der Waals surface area (Å²) in [6, 6.07) is 6.66. The molecule has 0 saturated heterocycles. The lowest BCUT2D eigenvalue weighted by atomic mass is 9.80. The summed E-state index contributed by atoms with van der Waals surface area (Å²) >= 11 is 0. The molecule has 88 valence electrons. The fraction of sp³-hybridized carbons (Fsp3) is 0.571. The van der Waals surface area contributed by atoms with Crippen molar-refractivity contribution in [2.24, 2.45) is 11.8 Å². The highest BCUT2D eigenvalue weighted by Crippen LogP contribution is 2.32. The van der Waals surface area contributed by atoms with Gasteiger partial charge in [-0.1, -0.05) is 26.0 Å². The van der Waals surface area contributed by atoms with Crippen LogP contribution in [0.5, 0.6) is 5.75 Å². The number of hydrogen-bond donors (Lipinski definition) is 0. The van der Waals surface area contributed by atoms with Gasteiger partial charge in [-0.05, 0) is 43.2 Å². The molecule has 0 N–H and O–H groups in total. The van der Waals surface area contributed by atoms with Crippen LogP contribution in [0, 0.1) is 17.7 Å². The predicted molar refractivity (Wildman–Crippen MR) is 63.0 cm³/mol. The van der Waals surface area contributed by atoms with E-state index in [4.69, 9.17) is 4.74 Å². The van der Waals surface area contributed by atoms with E-state index in [0.717, 1.165) is 18.8 Å². The van der Waals surface area contributed by atoms with Crippen molar-refractivity contribution in [3.8, 4) is 5.75 Å². The van der Waals surface area contributed by atoms with Gasteiger partial charge in [0.25, 0.3) is 0 Å². The summed E-state index contributed by atoms with van der Waals surface area (Å²) in [5.74, 6) is 1.58. The molecule has 1 fully saturated rings. The zero-order chi connectivity index (χ0) is 11.5. The molecular weight excluding hydrogens is 203 g/mol. The Kier molecular flexibility index (Phi) is 3.47. The van der Waals surface area contributed by atoms with Crippen molar-refractivity contribution in [1.82, 2.24) is 0 Å². The van der Waals surface area contributed by atoms with Crippen molar-refractivity contribution < 1.29 is 9.13 Å². The molecular formula is C14H19FO. The summed E-state index contributed by atoms with van der Waals surface area (Å²) in [7, 11) is 0. The fourth-order valence-electron chi connectivity index (χ4n) is 2.33. The minimum atomic E-state index is -0.256. The van der Waals surface area contributed by atoms with Crippen LogP contribution in [0.15, 0.2) is 24.3 Å². The first-order chi connectivity index (χ1) is 7.66. The maximum absolute atomic E-state index is 13.4. The maximum atomic E-state index is 13.4. The topological polar surface area (TPSA) is 9.23 Å². The van der Waals surface area contributed by atoms with Crippen LogP contribution in [0.1, 0.15) is 33.1 Å². The lowest BCUT2D eigenvalue weighted by molar-refractivity contribution is 0.0968. The number of benzene rings is 1. The molecule has 0 spiro atoms. The SMILES string of the molecule is CC1CCC(Oc2ccccc2F)CC1C. The average molecular weight is 222 g/mol. The average Bonchev–Trinajstić information content (AvgIpc) is 2.27. The van der Waals surface area contributed by atoms with E-state index >= 15 is 0 Å². The molecule has 0 aromatic heterocycles. The third-order valence-corrected chi connectivity index (χ3v) is 3.68. The Bertz CT molecular complexity index is 350. The van der Waals surface area contributed by atoms with Crippen molar-refractivity contribution in [2.45, 2.75) is 39.2 Å². The summed E-state index contributed by atoms with van der Waals surface area (Å²) in [5, 5.41) is 0. The van der Waals surface area contributed by atoms with E-state index in [1.165, 1.54) is 12.5 Å². The van der Waals surface area contributed by atoms with E-state index in [9.17, 15) is 4.39 Å². The first kappa shape index (κ1) is 11.4. The summed E-state index contributed by atoms with van der Waals surface area (Å²) in [4.78, 5) is 0. The van der Waals surface area contributed by atoms with Crippen LogP contribution < -0.4 is 4.74 Å². The highest BCUT2D eigenvalue weighted by molar-refractivity contribution is 5.23. The summed E-state index contributed by atoms with van der Waals surface area (Å²) < 4.78 is 19.1. The van der Waals surface area contributed by atoms with Crippen LogP contribution >= 0.6 is 0 Å². The lowest BCUT2D eigenvalue weighted by Crippen LogP contribution is -2.28. The largest absolute Gasteiger partial charge is 0.487 e. The monoisotopic (exact) mass is 222 g/mol. The van der Waals surface area contributed by atoms with Gasteiger partial charge >= 0.3 is 0 Å². The number of para-hydroxylation sites is 1. The minimum absolute atomic E-state index is 0.183. The van der Waals surface area contributed by atoms with Crippen LogP contribution in [0.4, 0.5) is 4.39 Å². The quantitative estimate of drug-likeness (QED) is 0.734. The fourth-order valence-corrected chi connectivity index (χ4v) is 2.33. The predicted octanol–water partition coefficient (Wildman–Crippen LogP) is 4.03. The van der Waals surface area contributed by atoms with Gasteiger partial charge in [0.05, 0.1) is 6.10 Å². The van der Waals surface area contributed by atoms with Crippen LogP contribution in [0.2, 0.25) is 0 Å². The standard InChI is InChI=1S/C14H19FO/c1-10-7-8-12(9-11(10)2)16-14-6-4-3-5-13(14)15/h3-6,10-12H,7-9H2,1-2H3. The molecule has 1 saturated carbocycles. The summed E-state index contributed by atoms with van der Waals surface area (Å²) in [6.45, 7) is 4.53. The lowest BCUT2D eigenvalue weighted by Gasteiger charge is -2.32. The Morgan fingerprint density at radius 3 is 2.56 bits per heavy atom. The second kappa shape index (κ2) is 4.86. The summed E-state index contributed by atoms with van der Waals surface area (Å²) in [5.41, 5.74) is 0. The molecule has 0 bridgehead atoms. The van der Waals surface area contributed by atoms with E-state index < -0.39 is 0 Å². The maximum Gasteiger partial charge on any atom is 0.165 e. The van der Waals surface area contributed by atoms with Crippen LogP contribution in [-0.2, 0) is 0 Å². The molecule has 1 aliphatic rings. The van der Waals surface area contributed by atoms with Gasteiger partial charge in [0.1, 0.15) is 0 Å². The van der Waals surface area contributed by atoms with E-state index in [1.807, 2.05) is 6.07 Å². The van der Waals surface area contributed by atoms with Crippen molar-refractivity contribution in [2.75, 3.05) is 0 Å². The summed E-state index contributed by atoms with van der Waals surface area (Å²) in [6.07, 6.45) is 3.44. The van der Waals surface area contributed by atoms with Crippen molar-refractivity contribution in [1.29, 1.82) is 0 Å². The zero-order valence-electron chi connectivity index (χ0n) is 9.95. The number of halogens is 1. The van der Waals surface area contributed by atoms with Crippen molar-refractivity contribution in [3.05, 3.63) is 30.1 Å². The second-order valence-electron chi connectivity index (χ2n) is 4.94. The minimum Gasteiger partial charge on any atom is -0.487 e. The van der Waals surface area contributed by atoms with Gasteiger partial charge in [0.2, 0.25) is 0 Å². The van der Waals surface area contributed by atoms with Gasteiger partial charge in [-0.2, -0.15) is 0 Å². The number of rotatable bonds is 2. The van der Waals surface area contributed by atoms with Gasteiger partial charge in [-0.25, -0.2) is 4.39 Å². The first-order valence-electron chi connectivity index (χ1n) is 6.08. The van der Waals surface area contributed by atoms with Gasteiger partial charge in [-0.3, -0.25) is 0 Å². The molecule has 1 aliphatic carbocycles. The van der Waals surface area contributed by atoms with Crippen molar-refractivity contribution >= 4 is 0 Å². The van der Waals surface area contributed by atoms with Gasteiger partial charge < -0.3 is 4.74 Å². The van der Waals surface area contributed by atoms with Crippen LogP contribution in [0.3, 0.4) is 0 Å². The van der Waals surface area contributed by atoms with Crippen molar-refractivity contribution in [3.63, 3.8) is 0 Å². The normalized spacial score (nSPS) is 30.1. The molecule has 2 rings (SSSR count). The Hall–Kier alpha value is -1.05. The van der Waals surface area contributed by atoms with Gasteiger partial charge in [0.15, 0.2) is 11.6 Å². The molecule has 1 aromatic rings. The Balaban J connectivity index is 1.98. The third kappa shape index (κ3) is 2.55. The van der Waals surface area contributed by atoms with Crippen LogP contribution in [-0.4, -0.2) is 6.10 Å². The van der Waals surface area contributed by atoms with E-state index in [1.54, 1.807) is 12.1 Å². The Morgan fingerprint density at radius 2 is 1.88 bits per heavy atom. The van der Waals surface area contributed by atoms with Gasteiger partial charge in [-0.15, -0.1) is 0 Å². The van der Waals surface area contributed by atoms with Crippen LogP contribution in [0.25, 0.3) is 0 Å². The molecule has 1 aromatic carbocycles. The van der Waals surface area contributed by atoms with E-state index in [-0.39, 0.29) is 11.9 Å². The first-order valence-corrected chi connectivity index (χ1v) is 6.08. The number of hydrogen-bond acceptors (Lipinski definition) is 1.